The third-order valence-electron chi connectivity index (χ3n) is 4.97. The standard InChI is InChI=1S/C22H28F3IN2O5/c1-13(2)9-19(30)28(12-22(23,24)25)16-10-14(21(32)27-7-8-29)11-18(20(16)31)33-17-6-4-3-5-15(17)26/h3-6,11,13,16,18,20,29,31H,7-10,12H2,1-2H3,(H,27,32). The SMILES string of the molecule is CC(C)CC(=O)N(CC(F)(F)F)C1CC(C(=O)NCCO)=CC(Oc2ccccc2I)C1O. The van der Waals surface area contributed by atoms with Crippen LogP contribution in [0, 0.1) is 9.49 Å². The van der Waals surface area contributed by atoms with Crippen molar-refractivity contribution in [1.82, 2.24) is 10.2 Å². The summed E-state index contributed by atoms with van der Waals surface area (Å²) in [6.07, 6.45) is -6.44. The second-order valence-corrected chi connectivity index (χ2v) is 9.34. The monoisotopic (exact) mass is 584 g/mol. The minimum Gasteiger partial charge on any atom is -0.482 e. The molecule has 0 aliphatic heterocycles. The highest BCUT2D eigenvalue weighted by Gasteiger charge is 2.44. The number of aliphatic hydroxyl groups excluding tert-OH is 2. The van der Waals surface area contributed by atoms with Gasteiger partial charge in [0.2, 0.25) is 11.8 Å². The maximum Gasteiger partial charge on any atom is 0.406 e. The minimum atomic E-state index is -4.70. The summed E-state index contributed by atoms with van der Waals surface area (Å²) in [6.45, 7) is 1.49. The molecular formula is C22H28F3IN2O5. The van der Waals surface area contributed by atoms with Gasteiger partial charge < -0.3 is 25.2 Å². The molecule has 3 N–H and O–H groups in total. The largest absolute Gasteiger partial charge is 0.482 e. The highest BCUT2D eigenvalue weighted by atomic mass is 127. The fourth-order valence-corrected chi connectivity index (χ4v) is 4.03. The number of hydrogen-bond donors (Lipinski definition) is 3. The molecule has 3 unspecified atom stereocenters. The summed E-state index contributed by atoms with van der Waals surface area (Å²) in [5.74, 6) is -1.20. The van der Waals surface area contributed by atoms with Crippen molar-refractivity contribution in [3.63, 3.8) is 0 Å². The van der Waals surface area contributed by atoms with E-state index in [1.807, 2.05) is 22.6 Å². The third kappa shape index (κ3) is 8.14. The maximum absolute atomic E-state index is 13.4. The van der Waals surface area contributed by atoms with Crippen LogP contribution in [0.15, 0.2) is 35.9 Å². The number of carbonyl (C=O) groups is 2. The normalized spacial score (nSPS) is 20.9. The summed E-state index contributed by atoms with van der Waals surface area (Å²) < 4.78 is 46.7. The number of alkyl halides is 3. The lowest BCUT2D eigenvalue weighted by molar-refractivity contribution is -0.173. The van der Waals surface area contributed by atoms with Gasteiger partial charge in [0.15, 0.2) is 0 Å². The number of carbonyl (C=O) groups excluding carboxylic acids is 2. The molecule has 1 aromatic rings. The molecule has 0 heterocycles. The van der Waals surface area contributed by atoms with E-state index in [-0.39, 0.29) is 37.5 Å². The fourth-order valence-electron chi connectivity index (χ4n) is 3.52. The Morgan fingerprint density at radius 2 is 1.97 bits per heavy atom. The molecule has 0 saturated heterocycles. The summed E-state index contributed by atoms with van der Waals surface area (Å²) >= 11 is 2.01. The van der Waals surface area contributed by atoms with Gasteiger partial charge in [0.1, 0.15) is 24.5 Å². The predicted molar refractivity (Wildman–Crippen MR) is 123 cm³/mol. The van der Waals surface area contributed by atoms with Crippen LogP contribution in [0.5, 0.6) is 5.75 Å². The number of hydrogen-bond acceptors (Lipinski definition) is 5. The molecule has 1 aliphatic rings. The van der Waals surface area contributed by atoms with Crippen LogP contribution in [0.2, 0.25) is 0 Å². The first-order valence-electron chi connectivity index (χ1n) is 10.5. The molecule has 2 amide bonds. The van der Waals surface area contributed by atoms with Crippen LogP contribution in [-0.2, 0) is 9.59 Å². The average Bonchev–Trinajstić information content (AvgIpc) is 2.72. The number of rotatable bonds is 9. The number of halogens is 4. The Labute approximate surface area is 204 Å². The lowest BCUT2D eigenvalue weighted by atomic mass is 9.87. The first-order valence-corrected chi connectivity index (χ1v) is 11.6. The van der Waals surface area contributed by atoms with Crippen molar-refractivity contribution in [3.8, 4) is 5.75 Å². The van der Waals surface area contributed by atoms with Gasteiger partial charge in [0.05, 0.1) is 16.2 Å². The van der Waals surface area contributed by atoms with Gasteiger partial charge in [0.25, 0.3) is 0 Å². The summed E-state index contributed by atoms with van der Waals surface area (Å²) in [6, 6.07) is 5.53. The van der Waals surface area contributed by atoms with Gasteiger partial charge in [0, 0.05) is 25.0 Å². The fraction of sp³-hybridized carbons (Fsp3) is 0.545. The first-order chi connectivity index (χ1) is 15.4. The zero-order valence-corrected chi connectivity index (χ0v) is 20.5. The Morgan fingerprint density at radius 1 is 1.30 bits per heavy atom. The summed E-state index contributed by atoms with van der Waals surface area (Å²) in [5.41, 5.74) is 0.0687. The van der Waals surface area contributed by atoms with Crippen LogP contribution < -0.4 is 10.1 Å². The van der Waals surface area contributed by atoms with Crippen molar-refractivity contribution in [2.24, 2.45) is 5.92 Å². The quantitative estimate of drug-likeness (QED) is 0.388. The Morgan fingerprint density at radius 3 is 2.55 bits per heavy atom. The van der Waals surface area contributed by atoms with E-state index >= 15 is 0 Å². The highest BCUT2D eigenvalue weighted by Crippen LogP contribution is 2.31. The molecule has 11 heteroatoms. The maximum atomic E-state index is 13.4. The molecule has 33 heavy (non-hydrogen) atoms. The Balaban J connectivity index is 2.44. The summed E-state index contributed by atoms with van der Waals surface area (Å²) in [7, 11) is 0. The van der Waals surface area contributed by atoms with Crippen LogP contribution in [-0.4, -0.2) is 71.0 Å². The van der Waals surface area contributed by atoms with Crippen LogP contribution in [0.4, 0.5) is 13.2 Å². The Kier molecular flexibility index (Phi) is 9.98. The molecule has 7 nitrogen and oxygen atoms in total. The predicted octanol–water partition coefficient (Wildman–Crippen LogP) is 2.64. The Bertz CT molecular complexity index is 863. The summed E-state index contributed by atoms with van der Waals surface area (Å²) in [5, 5.41) is 22.4. The van der Waals surface area contributed by atoms with Gasteiger partial charge >= 0.3 is 6.18 Å². The molecular weight excluding hydrogens is 556 g/mol. The molecule has 0 radical (unpaired) electrons. The van der Waals surface area contributed by atoms with Crippen LogP contribution in [0.3, 0.4) is 0 Å². The van der Waals surface area contributed by atoms with Crippen molar-refractivity contribution in [2.75, 3.05) is 19.7 Å². The van der Waals surface area contributed by atoms with Gasteiger partial charge in [-0.2, -0.15) is 13.2 Å². The number of ether oxygens (including phenoxy) is 1. The smallest absolute Gasteiger partial charge is 0.406 e. The van der Waals surface area contributed by atoms with Crippen molar-refractivity contribution in [2.45, 2.75) is 51.1 Å². The van der Waals surface area contributed by atoms with Crippen LogP contribution >= 0.6 is 22.6 Å². The lowest BCUT2D eigenvalue weighted by Gasteiger charge is -2.41. The second-order valence-electron chi connectivity index (χ2n) is 8.18. The van der Waals surface area contributed by atoms with E-state index in [2.05, 4.69) is 5.32 Å². The average molecular weight is 584 g/mol. The zero-order chi connectivity index (χ0) is 24.8. The molecule has 1 aromatic carbocycles. The van der Waals surface area contributed by atoms with E-state index in [0.717, 1.165) is 0 Å². The van der Waals surface area contributed by atoms with E-state index in [9.17, 15) is 27.9 Å². The van der Waals surface area contributed by atoms with Gasteiger partial charge in [-0.1, -0.05) is 26.0 Å². The molecule has 0 saturated carbocycles. The second kappa shape index (κ2) is 12.0. The van der Waals surface area contributed by atoms with Crippen molar-refractivity contribution < 1.29 is 37.7 Å². The molecule has 1 aliphatic carbocycles. The van der Waals surface area contributed by atoms with Gasteiger partial charge in [-0.25, -0.2) is 0 Å². The number of benzene rings is 1. The van der Waals surface area contributed by atoms with Crippen LogP contribution in [0.25, 0.3) is 0 Å². The highest BCUT2D eigenvalue weighted by molar-refractivity contribution is 14.1. The van der Waals surface area contributed by atoms with E-state index in [1.165, 1.54) is 6.08 Å². The first kappa shape index (κ1) is 27.4. The molecule has 184 valence electrons. The topological polar surface area (TPSA) is 99.1 Å². The van der Waals surface area contributed by atoms with Gasteiger partial charge in [-0.15, -0.1) is 0 Å². The summed E-state index contributed by atoms with van der Waals surface area (Å²) in [4.78, 5) is 25.9. The van der Waals surface area contributed by atoms with Crippen molar-refractivity contribution >= 4 is 34.4 Å². The van der Waals surface area contributed by atoms with E-state index in [4.69, 9.17) is 9.84 Å². The van der Waals surface area contributed by atoms with Crippen molar-refractivity contribution in [3.05, 3.63) is 39.5 Å². The number of para-hydroxylation sites is 1. The number of nitrogens with zero attached hydrogens (tertiary/aromatic N) is 1. The van der Waals surface area contributed by atoms with Gasteiger partial charge in [-0.05, 0) is 46.7 Å². The van der Waals surface area contributed by atoms with Crippen molar-refractivity contribution in [1.29, 1.82) is 0 Å². The van der Waals surface area contributed by atoms with E-state index in [1.54, 1.807) is 38.1 Å². The molecule has 3 atom stereocenters. The molecule has 0 aromatic heterocycles. The zero-order valence-electron chi connectivity index (χ0n) is 18.3. The molecule has 0 bridgehead atoms. The van der Waals surface area contributed by atoms with Gasteiger partial charge in [-0.3, -0.25) is 9.59 Å². The number of aliphatic hydroxyl groups is 2. The van der Waals surface area contributed by atoms with E-state index < -0.39 is 42.8 Å². The molecule has 0 fully saturated rings. The van der Waals surface area contributed by atoms with Crippen LogP contribution in [0.1, 0.15) is 26.7 Å². The number of amides is 2. The Hall–Kier alpha value is -1.86. The number of nitrogens with one attached hydrogen (secondary N) is 1. The lowest BCUT2D eigenvalue weighted by Crippen LogP contribution is -2.57. The third-order valence-corrected chi connectivity index (χ3v) is 5.86. The molecule has 2 rings (SSSR count). The van der Waals surface area contributed by atoms with E-state index in [0.29, 0.717) is 14.2 Å². The molecule has 0 spiro atoms. The minimum absolute atomic E-state index is 0.0515.